The lowest BCUT2D eigenvalue weighted by Gasteiger charge is -2.23. The number of hydrogen-bond acceptors (Lipinski definition) is 7. The van der Waals surface area contributed by atoms with Gasteiger partial charge < -0.3 is 14.5 Å². The van der Waals surface area contributed by atoms with E-state index in [0.29, 0.717) is 12.5 Å². The third kappa shape index (κ3) is 4.35. The van der Waals surface area contributed by atoms with Gasteiger partial charge in [0.2, 0.25) is 11.8 Å². The maximum Gasteiger partial charge on any atom is 0.228 e. The van der Waals surface area contributed by atoms with Crippen LogP contribution in [-0.2, 0) is 6.42 Å². The predicted molar refractivity (Wildman–Crippen MR) is 98.4 cm³/mol. The molecule has 2 aromatic heterocycles. The van der Waals surface area contributed by atoms with Crippen LogP contribution in [0.1, 0.15) is 31.8 Å². The van der Waals surface area contributed by atoms with Gasteiger partial charge in [0, 0.05) is 50.2 Å². The predicted octanol–water partition coefficient (Wildman–Crippen LogP) is 2.25. The molecule has 0 aromatic carbocycles. The molecule has 1 aliphatic rings. The molecule has 0 radical (unpaired) electrons. The molecule has 0 aliphatic carbocycles. The molecule has 3 heterocycles. The lowest BCUT2D eigenvalue weighted by molar-refractivity contribution is 0.326. The Bertz CT molecular complexity index is 708. The minimum Gasteiger partial charge on any atom is -0.478 e. The van der Waals surface area contributed by atoms with Gasteiger partial charge in [-0.1, -0.05) is 6.92 Å². The highest BCUT2D eigenvalue weighted by Crippen LogP contribution is 2.19. The van der Waals surface area contributed by atoms with Crippen LogP contribution in [0.4, 0.5) is 11.8 Å². The molecule has 0 saturated carbocycles. The molecule has 25 heavy (non-hydrogen) atoms. The number of hydrogen-bond donors (Lipinski definition) is 0. The molecule has 7 nitrogen and oxygen atoms in total. The zero-order valence-electron chi connectivity index (χ0n) is 15.3. The fourth-order valence-electron chi connectivity index (χ4n) is 3.01. The molecule has 0 N–H and O–H groups in total. The Morgan fingerprint density at radius 2 is 1.84 bits per heavy atom. The molecule has 1 fully saturated rings. The molecule has 0 bridgehead atoms. The van der Waals surface area contributed by atoms with Gasteiger partial charge in [-0.15, -0.1) is 0 Å². The summed E-state index contributed by atoms with van der Waals surface area (Å²) in [5.41, 5.74) is 1.09. The van der Waals surface area contributed by atoms with Crippen LogP contribution in [0.3, 0.4) is 0 Å². The molecule has 1 saturated heterocycles. The van der Waals surface area contributed by atoms with Crippen molar-refractivity contribution in [3.63, 3.8) is 0 Å². The van der Waals surface area contributed by atoms with E-state index in [4.69, 9.17) is 4.74 Å². The molecule has 0 spiro atoms. The lowest BCUT2D eigenvalue weighted by atomic mass is 10.3. The van der Waals surface area contributed by atoms with E-state index in [-0.39, 0.29) is 0 Å². The first-order chi connectivity index (χ1) is 12.2. The van der Waals surface area contributed by atoms with E-state index < -0.39 is 0 Å². The van der Waals surface area contributed by atoms with Crippen molar-refractivity contribution in [1.29, 1.82) is 0 Å². The second-order valence-corrected chi connectivity index (χ2v) is 6.07. The fraction of sp³-hybridized carbons (Fsp3) is 0.556. The summed E-state index contributed by atoms with van der Waals surface area (Å²) in [4.78, 5) is 22.6. The van der Waals surface area contributed by atoms with Crippen molar-refractivity contribution in [3.8, 4) is 5.88 Å². The second kappa shape index (κ2) is 8.09. The van der Waals surface area contributed by atoms with E-state index in [9.17, 15) is 0 Å². The first-order valence-electron chi connectivity index (χ1n) is 9.00. The molecule has 7 heteroatoms. The van der Waals surface area contributed by atoms with E-state index in [0.717, 1.165) is 62.3 Å². The minimum absolute atomic E-state index is 0.608. The Morgan fingerprint density at radius 3 is 2.64 bits per heavy atom. The Hall–Kier alpha value is -2.44. The summed E-state index contributed by atoms with van der Waals surface area (Å²) in [6.07, 6.45) is 3.72. The fourth-order valence-corrected chi connectivity index (χ4v) is 3.01. The third-order valence-corrected chi connectivity index (χ3v) is 4.25. The molecule has 2 aromatic rings. The van der Waals surface area contributed by atoms with E-state index in [1.807, 2.05) is 13.8 Å². The van der Waals surface area contributed by atoms with Crippen LogP contribution in [0.15, 0.2) is 18.3 Å². The number of aryl methyl sites for hydroxylation is 2. The molecule has 0 unspecified atom stereocenters. The molecule has 0 atom stereocenters. The zero-order valence-corrected chi connectivity index (χ0v) is 15.3. The zero-order chi connectivity index (χ0) is 17.6. The van der Waals surface area contributed by atoms with Crippen LogP contribution in [-0.4, -0.2) is 52.7 Å². The maximum absolute atomic E-state index is 5.49. The van der Waals surface area contributed by atoms with Gasteiger partial charge in [0.1, 0.15) is 11.6 Å². The van der Waals surface area contributed by atoms with Gasteiger partial charge in [-0.05, 0) is 26.7 Å². The van der Waals surface area contributed by atoms with Gasteiger partial charge in [0.05, 0.1) is 6.61 Å². The third-order valence-electron chi connectivity index (χ3n) is 4.25. The molecule has 1 aliphatic heterocycles. The monoisotopic (exact) mass is 342 g/mol. The van der Waals surface area contributed by atoms with Crippen molar-refractivity contribution in [2.75, 3.05) is 42.6 Å². The first kappa shape index (κ1) is 17.4. The number of ether oxygens (including phenoxy) is 1. The van der Waals surface area contributed by atoms with Crippen LogP contribution in [0.2, 0.25) is 0 Å². The maximum atomic E-state index is 5.49. The second-order valence-electron chi connectivity index (χ2n) is 6.07. The Kier molecular flexibility index (Phi) is 5.63. The molecule has 3 rings (SSSR count). The quantitative estimate of drug-likeness (QED) is 0.825. The summed E-state index contributed by atoms with van der Waals surface area (Å²) < 4.78 is 5.49. The topological polar surface area (TPSA) is 67.3 Å². The molecule has 0 amide bonds. The minimum atomic E-state index is 0.608. The van der Waals surface area contributed by atoms with Crippen LogP contribution < -0.4 is 14.5 Å². The molecule has 134 valence electrons. The van der Waals surface area contributed by atoms with Gasteiger partial charge in [0.15, 0.2) is 0 Å². The number of anilines is 2. The smallest absolute Gasteiger partial charge is 0.228 e. The highest BCUT2D eigenvalue weighted by Gasteiger charge is 2.19. The first-order valence-corrected chi connectivity index (χ1v) is 9.00. The van der Waals surface area contributed by atoms with Gasteiger partial charge in [0.25, 0.3) is 0 Å². The van der Waals surface area contributed by atoms with E-state index in [1.165, 1.54) is 0 Å². The summed E-state index contributed by atoms with van der Waals surface area (Å²) >= 11 is 0. The highest BCUT2D eigenvalue weighted by atomic mass is 16.5. The summed E-state index contributed by atoms with van der Waals surface area (Å²) in [5, 5.41) is 0. The highest BCUT2D eigenvalue weighted by molar-refractivity contribution is 5.42. The number of aromatic nitrogens is 4. The SMILES string of the molecule is CCOc1ccnc(N2CCCN(c3cc(CC)nc(C)n3)CC2)n1. The van der Waals surface area contributed by atoms with Crippen molar-refractivity contribution in [3.05, 3.63) is 29.8 Å². The van der Waals surface area contributed by atoms with Crippen LogP contribution in [0.5, 0.6) is 5.88 Å². The van der Waals surface area contributed by atoms with E-state index in [2.05, 4.69) is 42.7 Å². The van der Waals surface area contributed by atoms with Crippen molar-refractivity contribution >= 4 is 11.8 Å². The van der Waals surface area contributed by atoms with Crippen molar-refractivity contribution in [2.24, 2.45) is 0 Å². The number of nitrogens with zero attached hydrogens (tertiary/aromatic N) is 6. The van der Waals surface area contributed by atoms with E-state index in [1.54, 1.807) is 12.3 Å². The largest absolute Gasteiger partial charge is 0.478 e. The molecular formula is C18H26N6O. The Labute approximate surface area is 149 Å². The summed E-state index contributed by atoms with van der Waals surface area (Å²) in [6, 6.07) is 3.90. The average Bonchev–Trinajstić information content (AvgIpc) is 2.88. The van der Waals surface area contributed by atoms with Crippen molar-refractivity contribution in [2.45, 2.75) is 33.6 Å². The average molecular weight is 342 g/mol. The lowest BCUT2D eigenvalue weighted by Crippen LogP contribution is -2.32. The summed E-state index contributed by atoms with van der Waals surface area (Å²) in [7, 11) is 0. The van der Waals surface area contributed by atoms with Gasteiger partial charge in [-0.2, -0.15) is 4.98 Å². The Balaban J connectivity index is 1.72. The van der Waals surface area contributed by atoms with Gasteiger partial charge >= 0.3 is 0 Å². The summed E-state index contributed by atoms with van der Waals surface area (Å²) in [6.45, 7) is 10.3. The van der Waals surface area contributed by atoms with Crippen molar-refractivity contribution < 1.29 is 4.74 Å². The van der Waals surface area contributed by atoms with E-state index >= 15 is 0 Å². The Morgan fingerprint density at radius 1 is 1.04 bits per heavy atom. The van der Waals surface area contributed by atoms with Crippen molar-refractivity contribution in [1.82, 2.24) is 19.9 Å². The number of rotatable bonds is 5. The van der Waals surface area contributed by atoms with Crippen LogP contribution in [0.25, 0.3) is 0 Å². The summed E-state index contributed by atoms with van der Waals surface area (Å²) in [5.74, 6) is 3.23. The van der Waals surface area contributed by atoms with Crippen LogP contribution >= 0.6 is 0 Å². The van der Waals surface area contributed by atoms with Gasteiger partial charge in [-0.25, -0.2) is 15.0 Å². The molecular weight excluding hydrogens is 316 g/mol. The standard InChI is InChI=1S/C18H26N6O/c1-4-15-13-16(21-14(3)20-15)23-9-6-10-24(12-11-23)18-19-8-7-17(22-18)25-5-2/h7-8,13H,4-6,9-12H2,1-3H3. The van der Waals surface area contributed by atoms with Gasteiger partial charge in [-0.3, -0.25) is 0 Å². The normalized spacial score (nSPS) is 15.2. The van der Waals surface area contributed by atoms with Crippen LogP contribution in [0, 0.1) is 6.92 Å².